The lowest BCUT2D eigenvalue weighted by atomic mass is 9.55. The first-order valence-corrected chi connectivity index (χ1v) is 20.6. The molecule has 14 heteroatoms. The first-order valence-electron chi connectivity index (χ1n) is 20.6. The van der Waals surface area contributed by atoms with Gasteiger partial charge in [-0.15, -0.1) is 6.58 Å². The number of ether oxygens (including phenoxy) is 4. The lowest BCUT2D eigenvalue weighted by molar-refractivity contribution is -0.384. The minimum Gasteiger partial charge on any atom is -0.490 e. The Bertz CT molecular complexity index is 1810. The molecule has 3 aliphatic rings. The molecule has 1 heterocycles. The van der Waals surface area contributed by atoms with Crippen molar-refractivity contribution in [3.63, 3.8) is 0 Å². The minimum absolute atomic E-state index is 0.0316. The Morgan fingerprint density at radius 2 is 1.76 bits per heavy atom. The van der Waals surface area contributed by atoms with Crippen molar-refractivity contribution in [2.75, 3.05) is 59.4 Å². The van der Waals surface area contributed by atoms with E-state index in [1.807, 2.05) is 25.1 Å². The first kappa shape index (κ1) is 45.2. The number of nitro benzene ring substituents is 1. The summed E-state index contributed by atoms with van der Waals surface area (Å²) in [5.41, 5.74) is 3.02. The molecule has 14 nitrogen and oxygen atoms in total. The molecule has 2 aromatic carbocycles. The standard InChI is InChI=1S/C45H59N3O11/c1-4-25-56-35-18-19-40-38(30-35)43-36(12-8-10-23-50)33(11-7-9-22-49)29-37-39(46-58-6-3)31-41(45(59-40,44(37)43)57-26-5-2)47(21-27-55-28-24-51)42(52)20-15-32-13-16-34(17-14-32)48(53)54/h4-5,13-20,29-30,33,36,41,43-44,49-51H,1-2,6-12,21-28,31H2,3H3/t33-,36+,41-,43+,44+,45+/m0/s1. The van der Waals surface area contributed by atoms with Crippen molar-refractivity contribution in [2.24, 2.45) is 22.9 Å². The number of unbranched alkanes of at least 4 members (excludes halogenated alkanes) is 2. The zero-order chi connectivity index (χ0) is 42.2. The predicted octanol–water partition coefficient (Wildman–Crippen LogP) is 6.36. The average molecular weight is 818 g/mol. The maximum atomic E-state index is 14.7. The largest absolute Gasteiger partial charge is 0.490 e. The van der Waals surface area contributed by atoms with Gasteiger partial charge in [-0.05, 0) is 92.0 Å². The van der Waals surface area contributed by atoms with Gasteiger partial charge in [-0.3, -0.25) is 14.9 Å². The molecule has 3 N–H and O–H groups in total. The summed E-state index contributed by atoms with van der Waals surface area (Å²) in [6, 6.07) is 10.9. The van der Waals surface area contributed by atoms with E-state index in [2.05, 4.69) is 19.2 Å². The van der Waals surface area contributed by atoms with Gasteiger partial charge in [0.15, 0.2) is 0 Å². The second kappa shape index (κ2) is 22.5. The molecular weight excluding hydrogens is 759 g/mol. The van der Waals surface area contributed by atoms with Crippen molar-refractivity contribution in [3.8, 4) is 11.5 Å². The Morgan fingerprint density at radius 1 is 1.02 bits per heavy atom. The molecule has 1 aliphatic heterocycles. The molecule has 5 rings (SSSR count). The molecule has 320 valence electrons. The SMILES string of the molecule is C=CCOc1ccc2c(c1)[C@H]1[C@H](CCCCO)[C@@H](CCCCO)C=C3C(=NOCC)C[C@H](N(CCOCCO)C(=O)C=Cc4ccc([N+](=O)[O-])cc4)[C@@](OCC=C)(O2)[C@H]31. The van der Waals surface area contributed by atoms with Crippen LogP contribution in [0.5, 0.6) is 11.5 Å². The molecule has 0 bridgehead atoms. The molecule has 2 aromatic rings. The number of nitro groups is 1. The molecule has 59 heavy (non-hydrogen) atoms. The highest BCUT2D eigenvalue weighted by Crippen LogP contribution is 2.62. The second-order valence-electron chi connectivity index (χ2n) is 14.8. The average Bonchev–Trinajstić information content (AvgIpc) is 3.25. The number of nitrogens with zero attached hydrogens (tertiary/aromatic N) is 3. The lowest BCUT2D eigenvalue weighted by Crippen LogP contribution is -2.70. The molecule has 0 saturated heterocycles. The number of non-ortho nitro benzene ring substituents is 1. The first-order chi connectivity index (χ1) is 28.8. The number of aliphatic hydroxyl groups excluding tert-OH is 3. The van der Waals surface area contributed by atoms with Gasteiger partial charge in [0.2, 0.25) is 11.7 Å². The Labute approximate surface area is 346 Å². The molecule has 6 atom stereocenters. The van der Waals surface area contributed by atoms with Crippen molar-refractivity contribution in [1.29, 1.82) is 0 Å². The quantitative estimate of drug-likeness (QED) is 0.0333. The summed E-state index contributed by atoms with van der Waals surface area (Å²) in [6.07, 6.45) is 13.3. The van der Waals surface area contributed by atoms with Crippen LogP contribution in [0.25, 0.3) is 6.08 Å². The van der Waals surface area contributed by atoms with Crippen molar-refractivity contribution < 1.29 is 48.8 Å². The molecule has 1 saturated carbocycles. The summed E-state index contributed by atoms with van der Waals surface area (Å²) in [5, 5.41) is 45.2. The van der Waals surface area contributed by atoms with Gasteiger partial charge in [-0.1, -0.05) is 42.8 Å². The second-order valence-corrected chi connectivity index (χ2v) is 14.8. The van der Waals surface area contributed by atoms with E-state index in [-0.39, 0.29) is 82.0 Å². The van der Waals surface area contributed by atoms with Crippen LogP contribution in [0.2, 0.25) is 0 Å². The van der Waals surface area contributed by atoms with Gasteiger partial charge in [-0.2, -0.15) is 0 Å². The third-order valence-electron chi connectivity index (χ3n) is 11.2. The van der Waals surface area contributed by atoms with Crippen molar-refractivity contribution >= 4 is 23.4 Å². The molecular formula is C45H59N3O11. The lowest BCUT2D eigenvalue weighted by Gasteiger charge is -2.60. The van der Waals surface area contributed by atoms with Gasteiger partial charge in [0.1, 0.15) is 30.8 Å². The van der Waals surface area contributed by atoms with Gasteiger partial charge in [0.05, 0.1) is 43.0 Å². The highest BCUT2D eigenvalue weighted by molar-refractivity contribution is 6.03. The fourth-order valence-corrected chi connectivity index (χ4v) is 8.76. The molecule has 2 aliphatic carbocycles. The molecule has 1 fully saturated rings. The number of carbonyl (C=O) groups excluding carboxylic acids is 1. The number of rotatable bonds is 25. The number of allylic oxidation sites excluding steroid dienone is 1. The number of aliphatic hydroxyl groups is 3. The van der Waals surface area contributed by atoms with Gasteiger partial charge in [-0.25, -0.2) is 0 Å². The summed E-state index contributed by atoms with van der Waals surface area (Å²) < 4.78 is 26.0. The number of fused-ring (bicyclic) bond motifs is 2. The molecule has 0 unspecified atom stereocenters. The van der Waals surface area contributed by atoms with Crippen LogP contribution in [0.1, 0.15) is 68.9 Å². The molecule has 0 radical (unpaired) electrons. The van der Waals surface area contributed by atoms with E-state index >= 15 is 0 Å². The third-order valence-corrected chi connectivity index (χ3v) is 11.2. The van der Waals surface area contributed by atoms with E-state index in [0.29, 0.717) is 48.8 Å². The van der Waals surface area contributed by atoms with Crippen LogP contribution in [-0.4, -0.2) is 108 Å². The molecule has 0 spiro atoms. The Balaban J connectivity index is 1.74. The zero-order valence-electron chi connectivity index (χ0n) is 34.0. The van der Waals surface area contributed by atoms with E-state index < -0.39 is 22.7 Å². The Hall–Kier alpha value is -4.86. The van der Waals surface area contributed by atoms with E-state index in [0.717, 1.165) is 36.8 Å². The van der Waals surface area contributed by atoms with Crippen molar-refractivity contribution in [2.45, 2.75) is 69.6 Å². The van der Waals surface area contributed by atoms with E-state index in [1.54, 1.807) is 35.3 Å². The third kappa shape index (κ3) is 10.9. The molecule has 1 amide bonds. The van der Waals surface area contributed by atoms with Crippen LogP contribution in [0.3, 0.4) is 0 Å². The van der Waals surface area contributed by atoms with Gasteiger partial charge >= 0.3 is 0 Å². The van der Waals surface area contributed by atoms with Crippen LogP contribution < -0.4 is 9.47 Å². The highest BCUT2D eigenvalue weighted by atomic mass is 16.7. The maximum absolute atomic E-state index is 14.7. The van der Waals surface area contributed by atoms with E-state index in [4.69, 9.17) is 28.9 Å². The van der Waals surface area contributed by atoms with Crippen molar-refractivity contribution in [3.05, 3.63) is 107 Å². The van der Waals surface area contributed by atoms with Crippen molar-refractivity contribution in [1.82, 2.24) is 4.90 Å². The van der Waals surface area contributed by atoms with Gasteiger partial charge in [0, 0.05) is 55.9 Å². The predicted molar refractivity (Wildman–Crippen MR) is 224 cm³/mol. The smallest absolute Gasteiger partial charge is 0.269 e. The highest BCUT2D eigenvalue weighted by Gasteiger charge is 2.65. The van der Waals surface area contributed by atoms with Gasteiger partial charge < -0.3 is 44.0 Å². The summed E-state index contributed by atoms with van der Waals surface area (Å²) in [4.78, 5) is 33.0. The Morgan fingerprint density at radius 3 is 2.44 bits per heavy atom. The number of benzene rings is 2. The summed E-state index contributed by atoms with van der Waals surface area (Å²) in [5.74, 6) is -1.28. The number of hydrogen-bond donors (Lipinski definition) is 3. The maximum Gasteiger partial charge on any atom is 0.269 e. The summed E-state index contributed by atoms with van der Waals surface area (Å²) >= 11 is 0. The number of hydrogen-bond acceptors (Lipinski definition) is 12. The van der Waals surface area contributed by atoms with E-state index in [1.165, 1.54) is 18.2 Å². The fraction of sp³-hybridized carbons (Fsp3) is 0.511. The van der Waals surface area contributed by atoms with Crippen LogP contribution in [-0.2, 0) is 19.1 Å². The number of carbonyl (C=O) groups is 1. The summed E-state index contributed by atoms with van der Waals surface area (Å²) in [7, 11) is 0. The van der Waals surface area contributed by atoms with Crippen LogP contribution in [0.15, 0.2) is 90.7 Å². The summed E-state index contributed by atoms with van der Waals surface area (Å²) in [6.45, 7) is 10.6. The number of oxime groups is 1. The monoisotopic (exact) mass is 817 g/mol. The van der Waals surface area contributed by atoms with Crippen LogP contribution in [0.4, 0.5) is 5.69 Å². The minimum atomic E-state index is -1.48. The Kier molecular flexibility index (Phi) is 17.2. The number of amides is 1. The molecule has 0 aromatic heterocycles. The van der Waals surface area contributed by atoms with Crippen LogP contribution >= 0.6 is 0 Å². The normalized spacial score (nSPS) is 23.8. The van der Waals surface area contributed by atoms with Gasteiger partial charge in [0.25, 0.3) is 5.69 Å². The van der Waals surface area contributed by atoms with E-state index in [9.17, 15) is 30.2 Å². The fourth-order valence-electron chi connectivity index (χ4n) is 8.76. The van der Waals surface area contributed by atoms with Crippen LogP contribution in [0, 0.1) is 27.9 Å². The topological polar surface area (TPSA) is 183 Å². The zero-order valence-corrected chi connectivity index (χ0v) is 34.0.